The predicted octanol–water partition coefficient (Wildman–Crippen LogP) is 3.41. The maximum absolute atomic E-state index is 12.6. The Hall–Kier alpha value is -2.48. The molecule has 0 bridgehead atoms. The Morgan fingerprint density at radius 1 is 0.778 bits per heavy atom. The van der Waals surface area contributed by atoms with Crippen LogP contribution in [0.4, 0.5) is 0 Å². The maximum atomic E-state index is 12.6. The molecule has 0 spiro atoms. The van der Waals surface area contributed by atoms with E-state index in [-0.39, 0.29) is 12.0 Å². The molecule has 3 nitrogen and oxygen atoms in total. The number of rotatable bonds is 7. The minimum absolute atomic E-state index is 0.0479. The molecule has 0 saturated heterocycles. The van der Waals surface area contributed by atoms with E-state index in [0.717, 1.165) is 22.2 Å². The van der Waals surface area contributed by atoms with Gasteiger partial charge in [0.25, 0.3) is 0 Å². The van der Waals surface area contributed by atoms with Crippen LogP contribution in [0.2, 0.25) is 0 Å². The van der Waals surface area contributed by atoms with E-state index in [1.165, 1.54) is 0 Å². The molecule has 0 atom stereocenters. The van der Waals surface area contributed by atoms with E-state index in [0.29, 0.717) is 0 Å². The van der Waals surface area contributed by atoms with Crippen LogP contribution in [-0.4, -0.2) is 24.3 Å². The first-order valence-electron chi connectivity index (χ1n) is 8.57. The van der Waals surface area contributed by atoms with Gasteiger partial charge in [0.15, 0.2) is 0 Å². The van der Waals surface area contributed by atoms with Crippen molar-refractivity contribution >= 4 is 46.6 Å². The van der Waals surface area contributed by atoms with Crippen molar-refractivity contribution in [2.75, 3.05) is 12.0 Å². The molecule has 0 aliphatic carbocycles. The second kappa shape index (κ2) is 8.04. The normalized spacial score (nSPS) is 12.6. The predicted molar refractivity (Wildman–Crippen MR) is 113 cm³/mol. The molecule has 3 aromatic carbocycles. The third-order valence-corrected chi connectivity index (χ3v) is 10.6. The molecular weight excluding hydrogens is 379 g/mol. The van der Waals surface area contributed by atoms with Crippen molar-refractivity contribution in [2.45, 2.75) is 0 Å². The third-order valence-electron chi connectivity index (χ3n) is 4.74. The number of hydrogen-bond donors (Lipinski definition) is 0. The number of benzene rings is 3. The number of alkyl halides is 1. The molecule has 0 aromatic heterocycles. The summed E-state index contributed by atoms with van der Waals surface area (Å²) in [7, 11) is 0. The van der Waals surface area contributed by atoms with Crippen molar-refractivity contribution in [3.8, 4) is 0 Å². The van der Waals surface area contributed by atoms with Gasteiger partial charge in [-0.2, -0.15) is 0 Å². The Bertz CT molecular complexity index is 815. The topological polar surface area (TPSA) is 43.4 Å². The molecule has 0 N–H and O–H groups in total. The Labute approximate surface area is 164 Å². The van der Waals surface area contributed by atoms with Gasteiger partial charge in [-0.15, -0.1) is 0 Å². The van der Waals surface area contributed by atoms with Crippen molar-refractivity contribution in [1.29, 1.82) is 0 Å². The summed E-state index contributed by atoms with van der Waals surface area (Å²) in [6.45, 7) is -3.88. The van der Waals surface area contributed by atoms with Gasteiger partial charge in [0.2, 0.25) is 0 Å². The van der Waals surface area contributed by atoms with Gasteiger partial charge < -0.3 is 0 Å². The SMILES string of the molecule is O=CCP(OC(=O)CCl)(c1ccccc1)(c1ccccc1)c1ccccc1. The summed E-state index contributed by atoms with van der Waals surface area (Å²) in [4.78, 5) is 24.6. The molecule has 0 aliphatic rings. The Kier molecular flexibility index (Phi) is 5.74. The van der Waals surface area contributed by atoms with Gasteiger partial charge in [0.05, 0.1) is 0 Å². The number of aldehydes is 1. The molecule has 0 saturated carbocycles. The zero-order valence-corrected chi connectivity index (χ0v) is 16.4. The molecule has 0 aliphatic heterocycles. The van der Waals surface area contributed by atoms with Crippen LogP contribution in [0.5, 0.6) is 0 Å². The molecule has 3 aromatic rings. The monoisotopic (exact) mass is 398 g/mol. The van der Waals surface area contributed by atoms with Crippen molar-refractivity contribution in [2.24, 2.45) is 0 Å². The van der Waals surface area contributed by atoms with Crippen molar-refractivity contribution in [3.63, 3.8) is 0 Å². The number of hydrogen-bond acceptors (Lipinski definition) is 3. The first kappa shape index (κ1) is 19.3. The minimum atomic E-state index is -3.88. The molecule has 0 fully saturated rings. The summed E-state index contributed by atoms with van der Waals surface area (Å²) < 4.78 is 6.30. The average molecular weight is 399 g/mol. The zero-order valence-electron chi connectivity index (χ0n) is 14.7. The summed E-state index contributed by atoms with van der Waals surface area (Å²) in [5, 5.41) is 2.43. The van der Waals surface area contributed by atoms with E-state index in [2.05, 4.69) is 0 Å². The molecule has 3 rings (SSSR count). The van der Waals surface area contributed by atoms with Crippen LogP contribution < -0.4 is 15.9 Å². The standard InChI is InChI=1S/C22H20ClO3P/c23-18-22(25)26-27(17-16-24,19-10-4-1-5-11-19,20-12-6-2-7-13-20)21-14-8-3-9-15-21/h1-16H,17-18H2. The van der Waals surface area contributed by atoms with E-state index in [1.54, 1.807) is 0 Å². The summed E-state index contributed by atoms with van der Waals surface area (Å²) in [6.07, 6.45) is 0.888. The quantitative estimate of drug-likeness (QED) is 0.348. The van der Waals surface area contributed by atoms with Gasteiger partial charge in [-0.05, 0) is 0 Å². The van der Waals surface area contributed by atoms with E-state index in [4.69, 9.17) is 16.1 Å². The molecule has 5 heteroatoms. The Balaban J connectivity index is 2.52. The van der Waals surface area contributed by atoms with Crippen molar-refractivity contribution in [1.82, 2.24) is 0 Å². The van der Waals surface area contributed by atoms with E-state index in [9.17, 15) is 9.59 Å². The number of halogens is 1. The Morgan fingerprint density at radius 3 is 1.44 bits per heavy atom. The number of carbonyl (C=O) groups is 2. The van der Waals surface area contributed by atoms with Crippen molar-refractivity contribution in [3.05, 3.63) is 91.0 Å². The molecule has 0 unspecified atom stereocenters. The first-order valence-corrected chi connectivity index (χ1v) is 11.4. The van der Waals surface area contributed by atoms with Crippen LogP contribution >= 0.6 is 18.4 Å². The molecule has 0 amide bonds. The van der Waals surface area contributed by atoms with Crippen LogP contribution in [0.3, 0.4) is 0 Å². The van der Waals surface area contributed by atoms with E-state index >= 15 is 0 Å². The van der Waals surface area contributed by atoms with Gasteiger partial charge in [-0.3, -0.25) is 0 Å². The van der Waals surface area contributed by atoms with Gasteiger partial charge >= 0.3 is 164 Å². The van der Waals surface area contributed by atoms with Crippen LogP contribution in [-0.2, 0) is 14.1 Å². The van der Waals surface area contributed by atoms with Gasteiger partial charge in [-0.1, -0.05) is 0 Å². The fourth-order valence-electron chi connectivity index (χ4n) is 3.58. The molecular formula is C22H20ClO3P. The Morgan fingerprint density at radius 2 is 1.15 bits per heavy atom. The zero-order chi connectivity index (χ0) is 19.2. The van der Waals surface area contributed by atoms with Crippen LogP contribution in [0.15, 0.2) is 91.0 Å². The molecule has 138 valence electrons. The van der Waals surface area contributed by atoms with Crippen molar-refractivity contribution < 1.29 is 14.1 Å². The second-order valence-corrected chi connectivity index (χ2v) is 11.0. The average Bonchev–Trinajstić information content (AvgIpc) is 2.75. The van der Waals surface area contributed by atoms with Gasteiger partial charge in [0, 0.05) is 0 Å². The summed E-state index contributed by atoms with van der Waals surface area (Å²) in [6, 6.07) is 28.6. The van der Waals surface area contributed by atoms with Gasteiger partial charge in [0.1, 0.15) is 0 Å². The number of carbonyl (C=O) groups excluding carboxylic acids is 2. The van der Waals surface area contributed by atoms with Crippen LogP contribution in [0, 0.1) is 0 Å². The molecule has 0 heterocycles. The van der Waals surface area contributed by atoms with E-state index < -0.39 is 12.8 Å². The summed E-state index contributed by atoms with van der Waals surface area (Å²) in [5.74, 6) is -0.837. The van der Waals surface area contributed by atoms with Crippen LogP contribution in [0.25, 0.3) is 0 Å². The van der Waals surface area contributed by atoms with Gasteiger partial charge in [-0.25, -0.2) is 0 Å². The fourth-order valence-corrected chi connectivity index (χ4v) is 8.84. The molecule has 0 radical (unpaired) electrons. The van der Waals surface area contributed by atoms with Crippen LogP contribution in [0.1, 0.15) is 0 Å². The third kappa shape index (κ3) is 3.18. The summed E-state index contributed by atoms with van der Waals surface area (Å²) in [5.41, 5.74) is 0. The first-order chi connectivity index (χ1) is 13.2. The van der Waals surface area contributed by atoms with E-state index in [1.807, 2.05) is 91.0 Å². The summed E-state index contributed by atoms with van der Waals surface area (Å²) >= 11 is 5.84. The second-order valence-electron chi connectivity index (χ2n) is 6.17. The molecule has 27 heavy (non-hydrogen) atoms. The fraction of sp³-hybridized carbons (Fsp3) is 0.0909.